The average Bonchev–Trinajstić information content (AvgIpc) is 3.06. The third-order valence-corrected chi connectivity index (χ3v) is 3.09. The van der Waals surface area contributed by atoms with Gasteiger partial charge in [-0.25, -0.2) is 0 Å². The lowest BCUT2D eigenvalue weighted by Crippen LogP contribution is -2.39. The molecule has 5 heteroatoms. The van der Waals surface area contributed by atoms with Crippen LogP contribution in [0.3, 0.4) is 0 Å². The Labute approximate surface area is 110 Å². The number of nitrogens with zero attached hydrogens (tertiary/aromatic N) is 1. The van der Waals surface area contributed by atoms with Gasteiger partial charge in [0.25, 0.3) is 0 Å². The Kier molecular flexibility index (Phi) is 7.76. The molecular weight excluding hydrogens is 230 g/mol. The van der Waals surface area contributed by atoms with E-state index >= 15 is 0 Å². The maximum absolute atomic E-state index is 5.40. The van der Waals surface area contributed by atoms with Crippen LogP contribution in [0.5, 0.6) is 0 Å². The van der Waals surface area contributed by atoms with Gasteiger partial charge >= 0.3 is 0 Å². The number of unbranched alkanes of at least 4 members (excludes halogenated alkanes) is 1. The van der Waals surface area contributed by atoms with Crippen LogP contribution in [0.25, 0.3) is 0 Å². The van der Waals surface area contributed by atoms with Gasteiger partial charge in [0.2, 0.25) is 0 Å². The maximum atomic E-state index is 5.40. The van der Waals surface area contributed by atoms with E-state index in [1.165, 1.54) is 6.42 Å². The van der Waals surface area contributed by atoms with Crippen LogP contribution >= 0.6 is 0 Å². The predicted octanol–water partition coefficient (Wildman–Crippen LogP) is 1.00. The zero-order valence-corrected chi connectivity index (χ0v) is 11.9. The summed E-state index contributed by atoms with van der Waals surface area (Å²) >= 11 is 0. The van der Waals surface area contributed by atoms with Crippen LogP contribution in [-0.2, 0) is 9.47 Å². The third kappa shape index (κ3) is 6.81. The van der Waals surface area contributed by atoms with Crippen molar-refractivity contribution in [2.24, 2.45) is 10.9 Å². The van der Waals surface area contributed by atoms with Crippen LogP contribution in [0, 0.1) is 5.92 Å². The second-order valence-electron chi connectivity index (χ2n) is 4.78. The van der Waals surface area contributed by atoms with E-state index in [4.69, 9.17) is 9.47 Å². The van der Waals surface area contributed by atoms with Gasteiger partial charge in [-0.1, -0.05) is 6.92 Å². The molecule has 0 aromatic rings. The van der Waals surface area contributed by atoms with Crippen molar-refractivity contribution in [2.45, 2.75) is 32.2 Å². The number of nitrogens with one attached hydrogen (secondary N) is 2. The number of hydrogen-bond donors (Lipinski definition) is 2. The first-order chi connectivity index (χ1) is 8.77. The average molecular weight is 257 g/mol. The molecular formula is C13H27N3O2. The minimum absolute atomic E-state index is 0.619. The van der Waals surface area contributed by atoms with Crippen LogP contribution in [0.2, 0.25) is 0 Å². The molecule has 0 bridgehead atoms. The number of rotatable bonds is 9. The van der Waals surface area contributed by atoms with E-state index in [1.807, 2.05) is 7.05 Å². The Balaban J connectivity index is 1.89. The molecule has 1 aliphatic rings. The van der Waals surface area contributed by atoms with Crippen molar-refractivity contribution in [2.75, 3.05) is 40.5 Å². The molecule has 1 saturated carbocycles. The second kappa shape index (κ2) is 9.16. The number of methoxy groups -OCH3 is 1. The summed E-state index contributed by atoms with van der Waals surface area (Å²) in [6.45, 7) is 5.36. The quantitative estimate of drug-likeness (QED) is 0.368. The first-order valence-corrected chi connectivity index (χ1v) is 6.81. The van der Waals surface area contributed by atoms with Gasteiger partial charge < -0.3 is 20.1 Å². The lowest BCUT2D eigenvalue weighted by molar-refractivity contribution is 0.0689. The fourth-order valence-corrected chi connectivity index (χ4v) is 1.67. The third-order valence-electron chi connectivity index (χ3n) is 3.09. The van der Waals surface area contributed by atoms with Crippen molar-refractivity contribution >= 4 is 5.96 Å². The molecule has 0 saturated heterocycles. The second-order valence-corrected chi connectivity index (χ2v) is 4.78. The van der Waals surface area contributed by atoms with Gasteiger partial charge in [-0.3, -0.25) is 4.99 Å². The van der Waals surface area contributed by atoms with Crippen LogP contribution in [0.4, 0.5) is 0 Å². The fourth-order valence-electron chi connectivity index (χ4n) is 1.67. The molecule has 1 fully saturated rings. The Hall–Kier alpha value is -0.810. The van der Waals surface area contributed by atoms with E-state index in [9.17, 15) is 0 Å². The van der Waals surface area contributed by atoms with E-state index in [2.05, 4.69) is 22.5 Å². The smallest absolute Gasteiger partial charge is 0.191 e. The molecule has 18 heavy (non-hydrogen) atoms. The molecule has 0 amide bonds. The molecule has 1 rings (SSSR count). The lowest BCUT2D eigenvalue weighted by Gasteiger charge is -2.11. The van der Waals surface area contributed by atoms with Gasteiger partial charge in [0.1, 0.15) is 0 Å². The molecule has 1 aliphatic carbocycles. The van der Waals surface area contributed by atoms with Crippen molar-refractivity contribution in [3.05, 3.63) is 0 Å². The molecule has 0 aromatic carbocycles. The Morgan fingerprint density at radius 1 is 1.28 bits per heavy atom. The van der Waals surface area contributed by atoms with Gasteiger partial charge in [-0.05, 0) is 25.2 Å². The lowest BCUT2D eigenvalue weighted by atomic mass is 10.3. The zero-order valence-electron chi connectivity index (χ0n) is 11.9. The first-order valence-electron chi connectivity index (χ1n) is 6.81. The Morgan fingerprint density at radius 3 is 2.67 bits per heavy atom. The summed E-state index contributed by atoms with van der Waals surface area (Å²) in [6, 6.07) is 0.619. The molecule has 106 valence electrons. The summed E-state index contributed by atoms with van der Waals surface area (Å²) < 4.78 is 10.3. The molecule has 0 heterocycles. The highest BCUT2D eigenvalue weighted by atomic mass is 16.5. The van der Waals surface area contributed by atoms with Gasteiger partial charge in [0.15, 0.2) is 5.96 Å². The van der Waals surface area contributed by atoms with E-state index < -0.39 is 0 Å². The van der Waals surface area contributed by atoms with Crippen LogP contribution < -0.4 is 10.6 Å². The summed E-state index contributed by atoms with van der Waals surface area (Å²) in [7, 11) is 3.50. The monoisotopic (exact) mass is 257 g/mol. The zero-order chi connectivity index (χ0) is 13.2. The van der Waals surface area contributed by atoms with Crippen molar-refractivity contribution in [3.63, 3.8) is 0 Å². The van der Waals surface area contributed by atoms with Gasteiger partial charge in [0.05, 0.1) is 13.2 Å². The van der Waals surface area contributed by atoms with Gasteiger partial charge in [-0.15, -0.1) is 0 Å². The Morgan fingerprint density at radius 2 is 2.06 bits per heavy atom. The minimum Gasteiger partial charge on any atom is -0.382 e. The molecule has 2 N–H and O–H groups in total. The van der Waals surface area contributed by atoms with Crippen molar-refractivity contribution in [3.8, 4) is 0 Å². The first kappa shape index (κ1) is 15.2. The normalized spacial score (nSPS) is 22.9. The summed E-state index contributed by atoms with van der Waals surface area (Å²) in [6.07, 6.45) is 3.41. The standard InChI is InChI=1S/C13H27N3O2/c1-11-10-12(11)16-13(14-2)15-6-4-5-7-18-9-8-17-3/h11-12H,4-10H2,1-3H3,(H2,14,15,16). The van der Waals surface area contributed by atoms with Crippen molar-refractivity contribution in [1.29, 1.82) is 0 Å². The molecule has 0 aliphatic heterocycles. The van der Waals surface area contributed by atoms with Gasteiger partial charge in [0, 0.05) is 33.4 Å². The van der Waals surface area contributed by atoms with Crippen LogP contribution in [0.15, 0.2) is 4.99 Å². The van der Waals surface area contributed by atoms with Crippen molar-refractivity contribution in [1.82, 2.24) is 10.6 Å². The fraction of sp³-hybridized carbons (Fsp3) is 0.923. The highest BCUT2D eigenvalue weighted by Crippen LogP contribution is 2.28. The molecule has 2 unspecified atom stereocenters. The van der Waals surface area contributed by atoms with Crippen molar-refractivity contribution < 1.29 is 9.47 Å². The molecule has 0 radical (unpaired) electrons. The minimum atomic E-state index is 0.619. The summed E-state index contributed by atoms with van der Waals surface area (Å²) in [5, 5.41) is 6.72. The highest BCUT2D eigenvalue weighted by molar-refractivity contribution is 5.80. The topological polar surface area (TPSA) is 54.9 Å². The van der Waals surface area contributed by atoms with E-state index in [-0.39, 0.29) is 0 Å². The Bertz CT molecular complexity index is 246. The number of hydrogen-bond acceptors (Lipinski definition) is 3. The maximum Gasteiger partial charge on any atom is 0.191 e. The molecule has 0 aromatic heterocycles. The van der Waals surface area contributed by atoms with Crippen LogP contribution in [-0.4, -0.2) is 52.5 Å². The molecule has 2 atom stereocenters. The van der Waals surface area contributed by atoms with Crippen LogP contribution in [0.1, 0.15) is 26.2 Å². The summed E-state index contributed by atoms with van der Waals surface area (Å²) in [5.41, 5.74) is 0. The number of guanidine groups is 1. The number of ether oxygens (including phenoxy) is 2. The highest BCUT2D eigenvalue weighted by Gasteiger charge is 2.32. The van der Waals surface area contributed by atoms with Gasteiger partial charge in [-0.2, -0.15) is 0 Å². The molecule has 5 nitrogen and oxygen atoms in total. The predicted molar refractivity (Wildman–Crippen MR) is 74.0 cm³/mol. The summed E-state index contributed by atoms with van der Waals surface area (Å²) in [4.78, 5) is 4.21. The number of aliphatic imine (C=N–C) groups is 1. The van der Waals surface area contributed by atoms with E-state index in [1.54, 1.807) is 7.11 Å². The largest absolute Gasteiger partial charge is 0.382 e. The summed E-state index contributed by atoms with van der Waals surface area (Å²) in [5.74, 6) is 1.71. The van der Waals surface area contributed by atoms with E-state index in [0.717, 1.165) is 37.9 Å². The van der Waals surface area contributed by atoms with E-state index in [0.29, 0.717) is 19.3 Å². The molecule has 0 spiro atoms. The SMILES string of the molecule is CN=C(NCCCCOCCOC)NC1CC1C.